The molecule has 6 nitrogen and oxygen atoms in total. The number of amides is 2. The molecule has 1 aromatic carbocycles. The number of aliphatic hydroxyl groups excluding tert-OH is 1. The molecule has 0 unspecified atom stereocenters. The van der Waals surface area contributed by atoms with E-state index in [0.29, 0.717) is 5.56 Å². The van der Waals surface area contributed by atoms with Crippen LogP contribution in [0.5, 0.6) is 0 Å². The number of nitrogens with one attached hydrogen (secondary N) is 1. The molecule has 0 aromatic heterocycles. The Hall–Kier alpha value is -2.08. The van der Waals surface area contributed by atoms with Gasteiger partial charge in [-0.1, -0.05) is 30.3 Å². The van der Waals surface area contributed by atoms with Gasteiger partial charge < -0.3 is 20.9 Å². The third-order valence-electron chi connectivity index (χ3n) is 2.44. The number of carbonyl (C=O) groups excluding carboxylic acids is 2. The van der Waals surface area contributed by atoms with E-state index in [0.717, 1.165) is 0 Å². The Morgan fingerprint density at radius 3 is 2.25 bits per heavy atom. The molecule has 110 valence electrons. The highest BCUT2D eigenvalue weighted by Gasteiger charge is 2.29. The van der Waals surface area contributed by atoms with Crippen LogP contribution in [-0.4, -0.2) is 28.7 Å². The van der Waals surface area contributed by atoms with Crippen molar-refractivity contribution in [2.75, 3.05) is 0 Å². The van der Waals surface area contributed by atoms with Gasteiger partial charge in [-0.15, -0.1) is 0 Å². The number of nitrogens with two attached hydrogens (primary N) is 1. The van der Waals surface area contributed by atoms with Crippen LogP contribution in [0.15, 0.2) is 30.3 Å². The van der Waals surface area contributed by atoms with E-state index >= 15 is 0 Å². The van der Waals surface area contributed by atoms with Gasteiger partial charge in [0.15, 0.2) is 0 Å². The van der Waals surface area contributed by atoms with Crippen LogP contribution in [0.4, 0.5) is 4.79 Å². The number of carbonyl (C=O) groups is 2. The molecule has 2 amide bonds. The predicted molar refractivity (Wildman–Crippen MR) is 73.8 cm³/mol. The molecule has 4 N–H and O–H groups in total. The van der Waals surface area contributed by atoms with Crippen LogP contribution in [0.3, 0.4) is 0 Å². The van der Waals surface area contributed by atoms with Gasteiger partial charge in [0.1, 0.15) is 17.7 Å². The number of aliphatic hydroxyl groups is 1. The van der Waals surface area contributed by atoms with E-state index in [1.54, 1.807) is 51.1 Å². The predicted octanol–water partition coefficient (Wildman–Crippen LogP) is 1.10. The van der Waals surface area contributed by atoms with Crippen molar-refractivity contribution >= 4 is 12.0 Å². The maximum atomic E-state index is 11.7. The molecule has 0 spiro atoms. The third kappa shape index (κ3) is 4.89. The van der Waals surface area contributed by atoms with Gasteiger partial charge >= 0.3 is 6.09 Å². The van der Waals surface area contributed by atoms with E-state index in [2.05, 4.69) is 5.32 Å². The van der Waals surface area contributed by atoms with E-state index in [1.165, 1.54) is 0 Å². The van der Waals surface area contributed by atoms with Gasteiger partial charge in [-0.3, -0.25) is 4.79 Å². The summed E-state index contributed by atoms with van der Waals surface area (Å²) < 4.78 is 5.04. The molecule has 20 heavy (non-hydrogen) atoms. The second-order valence-corrected chi connectivity index (χ2v) is 5.38. The van der Waals surface area contributed by atoms with Gasteiger partial charge in [0.05, 0.1) is 0 Å². The Balaban J connectivity index is 2.80. The average molecular weight is 280 g/mol. The molecule has 0 aliphatic carbocycles. The van der Waals surface area contributed by atoms with Crippen LogP contribution in [0, 0.1) is 0 Å². The zero-order valence-electron chi connectivity index (χ0n) is 11.8. The highest BCUT2D eigenvalue weighted by molar-refractivity contribution is 5.85. The summed E-state index contributed by atoms with van der Waals surface area (Å²) in [6, 6.07) is 7.21. The normalized spacial score (nSPS) is 14.2. The van der Waals surface area contributed by atoms with Crippen molar-refractivity contribution in [2.45, 2.75) is 38.5 Å². The maximum Gasteiger partial charge on any atom is 0.408 e. The lowest BCUT2D eigenvalue weighted by molar-refractivity contribution is -0.122. The van der Waals surface area contributed by atoms with Crippen molar-refractivity contribution in [1.29, 1.82) is 0 Å². The number of alkyl carbamates (subject to hydrolysis) is 1. The van der Waals surface area contributed by atoms with Crippen molar-refractivity contribution < 1.29 is 19.4 Å². The fraction of sp³-hybridized carbons (Fsp3) is 0.429. The van der Waals surface area contributed by atoms with Crippen LogP contribution in [0.25, 0.3) is 0 Å². The molecule has 0 aliphatic rings. The van der Waals surface area contributed by atoms with Crippen molar-refractivity contribution in [3.63, 3.8) is 0 Å². The van der Waals surface area contributed by atoms with Gasteiger partial charge in [0.25, 0.3) is 0 Å². The zero-order valence-corrected chi connectivity index (χ0v) is 11.8. The van der Waals surface area contributed by atoms with Crippen molar-refractivity contribution in [3.8, 4) is 0 Å². The van der Waals surface area contributed by atoms with Crippen LogP contribution in [0.2, 0.25) is 0 Å². The molecule has 1 rings (SSSR count). The lowest BCUT2D eigenvalue weighted by atomic mass is 10.0. The molecule has 2 atom stereocenters. The van der Waals surface area contributed by atoms with Crippen LogP contribution in [-0.2, 0) is 9.53 Å². The lowest BCUT2D eigenvalue weighted by Gasteiger charge is -2.25. The molecule has 0 saturated heterocycles. The Kier molecular flexibility index (Phi) is 5.10. The van der Waals surface area contributed by atoms with Crippen molar-refractivity contribution in [2.24, 2.45) is 5.73 Å². The molecule has 0 aliphatic heterocycles. The van der Waals surface area contributed by atoms with Crippen molar-refractivity contribution in [3.05, 3.63) is 35.9 Å². The first-order chi connectivity index (χ1) is 9.20. The van der Waals surface area contributed by atoms with Crippen LogP contribution in [0.1, 0.15) is 32.4 Å². The standard InChI is InChI=1S/C14H20N2O4/c1-14(2,3)20-13(19)16-10(12(15)18)11(17)9-7-5-4-6-8-9/h4-8,10-11,17H,1-3H3,(H2,15,18)(H,16,19)/t10-,11+/m0/s1. The summed E-state index contributed by atoms with van der Waals surface area (Å²) >= 11 is 0. The minimum Gasteiger partial charge on any atom is -0.444 e. The monoisotopic (exact) mass is 280 g/mol. The Morgan fingerprint density at radius 1 is 1.25 bits per heavy atom. The number of primary amides is 1. The number of hydrogen-bond acceptors (Lipinski definition) is 4. The largest absolute Gasteiger partial charge is 0.444 e. The topological polar surface area (TPSA) is 102 Å². The first kappa shape index (κ1) is 16.0. The number of hydrogen-bond donors (Lipinski definition) is 3. The molecular weight excluding hydrogens is 260 g/mol. The molecule has 0 fully saturated rings. The molecule has 0 saturated carbocycles. The van der Waals surface area contributed by atoms with E-state index in [1.807, 2.05) is 0 Å². The fourth-order valence-corrected chi connectivity index (χ4v) is 1.58. The second kappa shape index (κ2) is 6.38. The summed E-state index contributed by atoms with van der Waals surface area (Å²) in [7, 11) is 0. The van der Waals surface area contributed by atoms with Crippen molar-refractivity contribution in [1.82, 2.24) is 5.32 Å². The summed E-state index contributed by atoms with van der Waals surface area (Å²) in [5, 5.41) is 12.4. The summed E-state index contributed by atoms with van der Waals surface area (Å²) in [6.45, 7) is 5.08. The highest BCUT2D eigenvalue weighted by Crippen LogP contribution is 2.17. The fourth-order valence-electron chi connectivity index (χ4n) is 1.58. The van der Waals surface area contributed by atoms with E-state index in [4.69, 9.17) is 10.5 Å². The Morgan fingerprint density at radius 2 is 1.80 bits per heavy atom. The third-order valence-corrected chi connectivity index (χ3v) is 2.44. The first-order valence-corrected chi connectivity index (χ1v) is 6.22. The Labute approximate surface area is 117 Å². The number of rotatable bonds is 4. The van der Waals surface area contributed by atoms with E-state index in [9.17, 15) is 14.7 Å². The maximum absolute atomic E-state index is 11.7. The summed E-state index contributed by atoms with van der Waals surface area (Å²) in [6.07, 6.45) is -2.04. The second-order valence-electron chi connectivity index (χ2n) is 5.38. The minimum absolute atomic E-state index is 0.479. The highest BCUT2D eigenvalue weighted by atomic mass is 16.6. The molecular formula is C14H20N2O4. The smallest absolute Gasteiger partial charge is 0.408 e. The first-order valence-electron chi connectivity index (χ1n) is 6.22. The van der Waals surface area contributed by atoms with Crippen LogP contribution >= 0.6 is 0 Å². The summed E-state index contributed by atoms with van der Waals surface area (Å²) in [4.78, 5) is 23.1. The van der Waals surface area contributed by atoms with Gasteiger partial charge in [-0.2, -0.15) is 0 Å². The van der Waals surface area contributed by atoms with E-state index < -0.39 is 29.7 Å². The van der Waals surface area contributed by atoms with Gasteiger partial charge in [-0.25, -0.2) is 4.79 Å². The summed E-state index contributed by atoms with van der Waals surface area (Å²) in [5.74, 6) is -0.841. The minimum atomic E-state index is -1.26. The quantitative estimate of drug-likeness (QED) is 0.768. The lowest BCUT2D eigenvalue weighted by Crippen LogP contribution is -2.49. The molecule has 1 aromatic rings. The van der Waals surface area contributed by atoms with Gasteiger partial charge in [-0.05, 0) is 26.3 Å². The molecule has 0 heterocycles. The number of ether oxygens (including phenoxy) is 1. The van der Waals surface area contributed by atoms with Gasteiger partial charge in [0.2, 0.25) is 5.91 Å². The molecule has 0 radical (unpaired) electrons. The van der Waals surface area contributed by atoms with Gasteiger partial charge in [0, 0.05) is 0 Å². The van der Waals surface area contributed by atoms with Crippen LogP contribution < -0.4 is 11.1 Å². The SMILES string of the molecule is CC(C)(C)OC(=O)N[C@H](C(N)=O)[C@H](O)c1ccccc1. The summed E-state index contributed by atoms with van der Waals surface area (Å²) in [5.41, 5.74) is 4.99. The van der Waals surface area contributed by atoms with E-state index in [-0.39, 0.29) is 0 Å². The molecule has 6 heteroatoms. The average Bonchev–Trinajstić information content (AvgIpc) is 2.34. The number of benzene rings is 1. The molecule has 0 bridgehead atoms. The Bertz CT molecular complexity index is 468. The zero-order chi connectivity index (χ0) is 15.3.